The zero-order valence-electron chi connectivity index (χ0n) is 28.0. The van der Waals surface area contributed by atoms with Gasteiger partial charge in [-0.2, -0.15) is 0 Å². The number of aromatic carboxylic acids is 1. The average Bonchev–Trinajstić information content (AvgIpc) is 3.01. The monoisotopic (exact) mass is 691 g/mol. The number of carboxylic acid groups (broad SMARTS) is 2. The maximum Gasteiger partial charge on any atom is 0.336 e. The van der Waals surface area contributed by atoms with Crippen molar-refractivity contribution in [2.24, 2.45) is 0 Å². The molecule has 0 spiro atoms. The number of aliphatic carboxylic acids is 1. The highest BCUT2D eigenvalue weighted by molar-refractivity contribution is 7.80. The molecule has 13 heteroatoms. The second kappa shape index (κ2) is 15.0. The number of phenols is 1. The molecule has 6 N–H and O–H groups in total. The number of benzene rings is 3. The van der Waals surface area contributed by atoms with Gasteiger partial charge in [0.1, 0.15) is 34.3 Å². The van der Waals surface area contributed by atoms with Crippen molar-refractivity contribution in [3.63, 3.8) is 0 Å². The molecule has 0 saturated heterocycles. The van der Waals surface area contributed by atoms with E-state index in [1.807, 2.05) is 0 Å². The molecular weight excluding hydrogens is 650 g/mol. The van der Waals surface area contributed by atoms with Crippen molar-refractivity contribution in [3.05, 3.63) is 70.4 Å². The number of hydrogen-bond acceptors (Lipinski definition) is 9. The molecule has 0 amide bonds. The Morgan fingerprint density at radius 1 is 0.959 bits per heavy atom. The molecule has 0 radical (unpaired) electrons. The molecule has 12 nitrogen and oxygen atoms in total. The number of esters is 1. The zero-order chi connectivity index (χ0) is 36.1. The van der Waals surface area contributed by atoms with E-state index in [0.29, 0.717) is 53.6 Å². The number of ether oxygens (including phenoxy) is 1. The summed E-state index contributed by atoms with van der Waals surface area (Å²) in [5, 5.41) is 39.8. The average molecular weight is 692 g/mol. The molecule has 1 aliphatic carbocycles. The first kappa shape index (κ1) is 36.8. The molecule has 0 fully saturated rings. The predicted octanol–water partition coefficient (Wildman–Crippen LogP) is 5.98. The minimum absolute atomic E-state index is 0.0259. The van der Waals surface area contributed by atoms with Crippen LogP contribution in [0.5, 0.6) is 5.75 Å². The summed E-state index contributed by atoms with van der Waals surface area (Å²) in [6.45, 7) is 8.96. The van der Waals surface area contributed by atoms with Crippen LogP contribution in [0, 0.1) is 0 Å². The van der Waals surface area contributed by atoms with E-state index in [1.54, 1.807) is 52.0 Å². The number of nitrogens with one attached hydrogen (secondary N) is 3. The lowest BCUT2D eigenvalue weighted by Crippen LogP contribution is -2.56. The van der Waals surface area contributed by atoms with Gasteiger partial charge in [-0.1, -0.05) is 13.0 Å². The molecule has 0 bridgehead atoms. The molecule has 49 heavy (non-hydrogen) atoms. The van der Waals surface area contributed by atoms with E-state index in [0.717, 1.165) is 0 Å². The Morgan fingerprint density at radius 3 is 2.33 bits per heavy atom. The minimum atomic E-state index is -1.30. The molecule has 1 heterocycles. The maximum absolute atomic E-state index is 12.9. The highest BCUT2D eigenvalue weighted by Crippen LogP contribution is 2.42. The molecule has 0 unspecified atom stereocenters. The van der Waals surface area contributed by atoms with Crippen LogP contribution in [0.1, 0.15) is 70.7 Å². The highest BCUT2D eigenvalue weighted by atomic mass is 32.1. The SMILES string of the molecule is CC[C@@](C)(N[C@@H](CCCCNC(=S)Nc1ccc(-c2c3ccc(=O)cc-3oc3cc(O)ccc23)c(C(=O)O)c1)C(=O)OC(C)(C)C)C(=O)O. The Kier molecular flexibility index (Phi) is 11.3. The lowest BCUT2D eigenvalue weighted by molar-refractivity contribution is -0.159. The van der Waals surface area contributed by atoms with Gasteiger partial charge in [0.2, 0.25) is 0 Å². The van der Waals surface area contributed by atoms with Gasteiger partial charge in [0.05, 0.1) is 5.56 Å². The lowest BCUT2D eigenvalue weighted by Gasteiger charge is -2.31. The third kappa shape index (κ3) is 9.12. The van der Waals surface area contributed by atoms with Crippen LogP contribution in [0.4, 0.5) is 5.69 Å². The van der Waals surface area contributed by atoms with Crippen LogP contribution in [0.25, 0.3) is 33.4 Å². The predicted molar refractivity (Wildman–Crippen MR) is 190 cm³/mol. The Labute approximate surface area is 288 Å². The van der Waals surface area contributed by atoms with Crippen molar-refractivity contribution in [2.45, 2.75) is 77.5 Å². The van der Waals surface area contributed by atoms with Crippen LogP contribution in [-0.2, 0) is 14.3 Å². The summed E-state index contributed by atoms with van der Waals surface area (Å²) in [6, 6.07) is 12.8. The largest absolute Gasteiger partial charge is 0.508 e. The van der Waals surface area contributed by atoms with Gasteiger partial charge in [-0.3, -0.25) is 19.7 Å². The molecular formula is C36H41N3O9S. The van der Waals surface area contributed by atoms with E-state index in [2.05, 4.69) is 16.0 Å². The lowest BCUT2D eigenvalue weighted by atomic mass is 9.90. The second-order valence-corrected chi connectivity index (χ2v) is 13.4. The number of carbonyl (C=O) groups excluding carboxylic acids is 1. The number of aromatic hydroxyl groups is 1. The van der Waals surface area contributed by atoms with Gasteiger partial charge in [0.15, 0.2) is 10.5 Å². The first-order chi connectivity index (χ1) is 23.0. The van der Waals surface area contributed by atoms with Gasteiger partial charge in [-0.25, -0.2) is 4.79 Å². The molecule has 2 aliphatic rings. The molecule has 2 aromatic rings. The van der Waals surface area contributed by atoms with Crippen LogP contribution >= 0.6 is 12.2 Å². The molecule has 0 saturated carbocycles. The molecule has 4 rings (SSSR count). The molecule has 0 aromatic heterocycles. The number of thiocarbonyl (C=S) groups is 1. The van der Waals surface area contributed by atoms with Crippen molar-refractivity contribution in [3.8, 4) is 28.2 Å². The Hall–Kier alpha value is -5.01. The van der Waals surface area contributed by atoms with Crippen molar-refractivity contribution in [1.82, 2.24) is 10.6 Å². The van der Waals surface area contributed by atoms with Crippen molar-refractivity contribution < 1.29 is 38.9 Å². The normalized spacial score (nSPS) is 13.4. The summed E-state index contributed by atoms with van der Waals surface area (Å²) >= 11 is 5.45. The fraction of sp³-hybridized carbons (Fsp3) is 0.361. The fourth-order valence-electron chi connectivity index (χ4n) is 5.34. The van der Waals surface area contributed by atoms with Crippen LogP contribution in [-0.4, -0.2) is 62.1 Å². The topological polar surface area (TPSA) is 187 Å². The van der Waals surface area contributed by atoms with Crippen molar-refractivity contribution >= 4 is 51.9 Å². The Balaban J connectivity index is 1.46. The fourth-order valence-corrected chi connectivity index (χ4v) is 5.56. The van der Waals surface area contributed by atoms with E-state index in [-0.39, 0.29) is 39.6 Å². The third-order valence-corrected chi connectivity index (χ3v) is 8.27. The van der Waals surface area contributed by atoms with Gasteiger partial charge in [-0.05, 0) is 108 Å². The van der Waals surface area contributed by atoms with Gasteiger partial charge < -0.3 is 35.1 Å². The van der Waals surface area contributed by atoms with Crippen LogP contribution in [0.15, 0.2) is 63.8 Å². The first-order valence-corrected chi connectivity index (χ1v) is 16.3. The number of carbonyl (C=O) groups is 3. The van der Waals surface area contributed by atoms with Crippen LogP contribution < -0.4 is 21.4 Å². The van der Waals surface area contributed by atoms with Gasteiger partial charge in [0.25, 0.3) is 0 Å². The molecule has 1 aliphatic heterocycles. The molecule has 2 atom stereocenters. The number of unbranched alkanes of at least 4 members (excludes halogenated alkanes) is 1. The Morgan fingerprint density at radius 2 is 1.67 bits per heavy atom. The number of phenolic OH excluding ortho intramolecular Hbond substituents is 1. The number of carboxylic acids is 2. The van der Waals surface area contributed by atoms with Crippen LogP contribution in [0.3, 0.4) is 0 Å². The number of hydrogen-bond donors (Lipinski definition) is 6. The number of anilines is 1. The van der Waals surface area contributed by atoms with Gasteiger partial charge >= 0.3 is 17.9 Å². The summed E-state index contributed by atoms with van der Waals surface area (Å²) in [7, 11) is 0. The smallest absolute Gasteiger partial charge is 0.336 e. The summed E-state index contributed by atoms with van der Waals surface area (Å²) in [5.74, 6) is -2.56. The first-order valence-electron chi connectivity index (χ1n) is 15.9. The van der Waals surface area contributed by atoms with E-state index in [9.17, 15) is 34.5 Å². The van der Waals surface area contributed by atoms with E-state index in [4.69, 9.17) is 21.4 Å². The maximum atomic E-state index is 12.9. The second-order valence-electron chi connectivity index (χ2n) is 13.0. The summed E-state index contributed by atoms with van der Waals surface area (Å²) < 4.78 is 11.4. The quantitative estimate of drug-likeness (QED) is 0.0416. The standard InChI is InChI=1S/C36H41N3O9S/c1-6-36(5,33(45)46)39-27(32(44)48-35(2,3)4)9-7-8-16-37-34(49)38-20-10-13-23(26(17-20)31(42)43)30-24-14-11-21(40)18-28(24)47-29-19-22(41)12-15-25(29)30/h10-15,17-19,27,39-40H,6-9,16H2,1-5H3,(H,42,43)(H,45,46)(H2,37,38,49)/t27-,36+/m0/s1. The van der Waals surface area contributed by atoms with E-state index in [1.165, 1.54) is 37.3 Å². The van der Waals surface area contributed by atoms with E-state index >= 15 is 0 Å². The molecule has 2 aromatic carbocycles. The number of rotatable bonds is 13. The third-order valence-electron chi connectivity index (χ3n) is 8.02. The summed E-state index contributed by atoms with van der Waals surface area (Å²) in [6.07, 6.45) is 1.77. The summed E-state index contributed by atoms with van der Waals surface area (Å²) in [5.41, 5.74) is -0.185. The molecule has 260 valence electrons. The van der Waals surface area contributed by atoms with Gasteiger partial charge in [-0.15, -0.1) is 0 Å². The zero-order valence-corrected chi connectivity index (χ0v) is 28.8. The highest BCUT2D eigenvalue weighted by Gasteiger charge is 2.37. The van der Waals surface area contributed by atoms with Crippen molar-refractivity contribution in [2.75, 3.05) is 11.9 Å². The summed E-state index contributed by atoms with van der Waals surface area (Å²) in [4.78, 5) is 49.4. The Bertz CT molecular complexity index is 1920. The minimum Gasteiger partial charge on any atom is -0.508 e. The van der Waals surface area contributed by atoms with Crippen molar-refractivity contribution in [1.29, 1.82) is 0 Å². The van der Waals surface area contributed by atoms with Crippen LogP contribution in [0.2, 0.25) is 0 Å². The van der Waals surface area contributed by atoms with E-state index < -0.39 is 35.1 Å². The number of fused-ring (bicyclic) bond motifs is 2. The van der Waals surface area contributed by atoms with Gasteiger partial charge in [0, 0.05) is 40.9 Å².